The second-order valence-corrected chi connectivity index (χ2v) is 7.62. The molecule has 0 fully saturated rings. The molecule has 2 N–H and O–H groups in total. The van der Waals surface area contributed by atoms with Crippen LogP contribution in [0.2, 0.25) is 0 Å². The predicted molar refractivity (Wildman–Crippen MR) is 93.8 cm³/mol. The summed E-state index contributed by atoms with van der Waals surface area (Å²) in [6.45, 7) is 0. The van der Waals surface area contributed by atoms with Gasteiger partial charge in [-0.15, -0.1) is 5.10 Å². The molecular weight excluding hydrogens is 429 g/mol. The van der Waals surface area contributed by atoms with Gasteiger partial charge in [0.25, 0.3) is 21.7 Å². The van der Waals surface area contributed by atoms with Crippen LogP contribution in [0.3, 0.4) is 0 Å². The zero-order valence-corrected chi connectivity index (χ0v) is 15.5. The van der Waals surface area contributed by atoms with E-state index in [1.54, 1.807) is 12.1 Å². The van der Waals surface area contributed by atoms with Crippen LogP contribution in [0.5, 0.6) is 0 Å². The van der Waals surface area contributed by atoms with E-state index in [1.165, 1.54) is 23.1 Å². The number of carbonyl (C=O) groups is 2. The van der Waals surface area contributed by atoms with Crippen molar-refractivity contribution in [2.75, 3.05) is 0 Å². The molecule has 10 nitrogen and oxygen atoms in total. The number of nitrogens with zero attached hydrogens (tertiary/aromatic N) is 4. The lowest BCUT2D eigenvalue weighted by Crippen LogP contribution is -2.41. The molecule has 3 aromatic rings. The highest BCUT2D eigenvalue weighted by molar-refractivity contribution is 7.92. The van der Waals surface area contributed by atoms with E-state index < -0.39 is 32.1 Å². The van der Waals surface area contributed by atoms with E-state index in [9.17, 15) is 31.2 Å². The van der Waals surface area contributed by atoms with Crippen LogP contribution in [-0.2, 0) is 9.84 Å². The lowest BCUT2D eigenvalue weighted by atomic mass is 10.2. The number of halogens is 3. The predicted octanol–water partition coefficient (Wildman–Crippen LogP) is 1.03. The van der Waals surface area contributed by atoms with Gasteiger partial charge in [0.05, 0.1) is 10.6 Å². The number of alkyl halides is 3. The quantitative estimate of drug-likeness (QED) is 0.579. The molecule has 0 atom stereocenters. The number of carbonyl (C=O) groups excluding carboxylic acids is 2. The normalized spacial score (nSPS) is 11.7. The van der Waals surface area contributed by atoms with Gasteiger partial charge in [0.15, 0.2) is 0 Å². The minimum atomic E-state index is -5.52. The second kappa shape index (κ2) is 7.90. The second-order valence-electron chi connectivity index (χ2n) is 5.68. The number of hydrogen-bond donors (Lipinski definition) is 2. The van der Waals surface area contributed by atoms with Crippen LogP contribution in [0.15, 0.2) is 59.8 Å². The number of sulfone groups is 1. The molecule has 1 heterocycles. The van der Waals surface area contributed by atoms with E-state index in [0.29, 0.717) is 17.8 Å². The lowest BCUT2D eigenvalue weighted by Gasteiger charge is -2.10. The summed E-state index contributed by atoms with van der Waals surface area (Å²) in [5, 5.41) is 10.6. The van der Waals surface area contributed by atoms with Crippen LogP contribution in [0.4, 0.5) is 13.2 Å². The van der Waals surface area contributed by atoms with Gasteiger partial charge in [-0.3, -0.25) is 20.4 Å². The van der Waals surface area contributed by atoms with E-state index in [2.05, 4.69) is 26.4 Å². The summed E-state index contributed by atoms with van der Waals surface area (Å²) in [6.07, 6.45) is 1.36. The molecule has 1 aromatic heterocycles. The molecule has 2 aromatic carbocycles. The SMILES string of the molecule is O=C(NNC(=O)c1ccc(S(=O)(=O)C(F)(F)F)cc1)c1ccc(-n2cnnn2)cc1. The van der Waals surface area contributed by atoms with Crippen LogP contribution in [-0.4, -0.2) is 45.9 Å². The van der Waals surface area contributed by atoms with Gasteiger partial charge in [-0.1, -0.05) is 0 Å². The third kappa shape index (κ3) is 4.27. The van der Waals surface area contributed by atoms with Gasteiger partial charge in [-0.2, -0.15) is 13.2 Å². The van der Waals surface area contributed by atoms with Gasteiger partial charge in [0, 0.05) is 11.1 Å². The number of benzene rings is 2. The van der Waals surface area contributed by atoms with Crippen molar-refractivity contribution in [1.29, 1.82) is 0 Å². The number of aromatic nitrogens is 4. The van der Waals surface area contributed by atoms with Gasteiger partial charge < -0.3 is 0 Å². The highest BCUT2D eigenvalue weighted by Crippen LogP contribution is 2.30. The van der Waals surface area contributed by atoms with E-state index in [0.717, 1.165) is 12.1 Å². The van der Waals surface area contributed by atoms with Gasteiger partial charge in [0.1, 0.15) is 6.33 Å². The minimum absolute atomic E-state index is 0.162. The summed E-state index contributed by atoms with van der Waals surface area (Å²) in [5.41, 5.74) is -0.613. The number of tetrazole rings is 1. The fourth-order valence-corrected chi connectivity index (χ4v) is 2.98. The van der Waals surface area contributed by atoms with Crippen LogP contribution in [0.25, 0.3) is 5.69 Å². The van der Waals surface area contributed by atoms with Crippen molar-refractivity contribution in [3.05, 3.63) is 66.0 Å². The van der Waals surface area contributed by atoms with Gasteiger partial charge >= 0.3 is 5.51 Å². The molecule has 3 rings (SSSR count). The molecule has 0 unspecified atom stereocenters. The van der Waals surface area contributed by atoms with E-state index in [1.807, 2.05) is 0 Å². The van der Waals surface area contributed by atoms with E-state index >= 15 is 0 Å². The summed E-state index contributed by atoms with van der Waals surface area (Å²) in [5.74, 6) is -1.52. The number of rotatable bonds is 4. The molecule has 0 spiro atoms. The summed E-state index contributed by atoms with van der Waals surface area (Å²) in [6, 6.07) is 9.11. The van der Waals surface area contributed by atoms with E-state index in [-0.39, 0.29) is 11.1 Å². The molecule has 0 saturated carbocycles. The van der Waals surface area contributed by atoms with Crippen LogP contribution in [0.1, 0.15) is 20.7 Å². The van der Waals surface area contributed by atoms with Crippen molar-refractivity contribution in [2.24, 2.45) is 0 Å². The van der Waals surface area contributed by atoms with Crippen LogP contribution < -0.4 is 10.9 Å². The number of hydrogen-bond acceptors (Lipinski definition) is 7. The number of amides is 2. The molecule has 0 bridgehead atoms. The zero-order valence-electron chi connectivity index (χ0n) is 14.7. The van der Waals surface area contributed by atoms with Crippen molar-refractivity contribution < 1.29 is 31.2 Å². The monoisotopic (exact) mass is 440 g/mol. The van der Waals surface area contributed by atoms with Crippen LogP contribution in [0, 0.1) is 0 Å². The van der Waals surface area contributed by atoms with Gasteiger partial charge in [0.2, 0.25) is 0 Å². The third-order valence-corrected chi connectivity index (χ3v) is 5.27. The summed E-state index contributed by atoms with van der Waals surface area (Å²) in [7, 11) is -5.52. The summed E-state index contributed by atoms with van der Waals surface area (Å²) < 4.78 is 61.6. The Labute approximate surface area is 166 Å². The fourth-order valence-electron chi connectivity index (χ4n) is 2.22. The maximum absolute atomic E-state index is 12.5. The first-order valence-electron chi connectivity index (χ1n) is 7.95. The first-order valence-corrected chi connectivity index (χ1v) is 9.43. The molecule has 156 valence electrons. The Morgan fingerprint density at radius 2 is 1.37 bits per heavy atom. The Morgan fingerprint density at radius 1 is 0.867 bits per heavy atom. The van der Waals surface area contributed by atoms with Crippen molar-refractivity contribution in [1.82, 2.24) is 31.1 Å². The van der Waals surface area contributed by atoms with Crippen molar-refractivity contribution in [3.63, 3.8) is 0 Å². The largest absolute Gasteiger partial charge is 0.501 e. The molecule has 0 saturated heterocycles. The third-order valence-electron chi connectivity index (χ3n) is 3.76. The Morgan fingerprint density at radius 3 is 1.80 bits per heavy atom. The van der Waals surface area contributed by atoms with Crippen molar-refractivity contribution >= 4 is 21.7 Å². The Bertz CT molecular complexity index is 1160. The highest BCUT2D eigenvalue weighted by Gasteiger charge is 2.46. The molecule has 30 heavy (non-hydrogen) atoms. The number of nitrogens with one attached hydrogen (secondary N) is 2. The molecule has 0 radical (unpaired) electrons. The standard InChI is InChI=1S/C16H11F3N6O4S/c17-16(18,19)30(28,29)13-7-3-11(4-8-13)15(27)22-21-14(26)10-1-5-12(6-2-10)25-9-20-23-24-25/h1-9H,(H,21,26)(H,22,27). The molecule has 14 heteroatoms. The van der Waals surface area contributed by atoms with Gasteiger partial charge in [-0.25, -0.2) is 13.1 Å². The van der Waals surface area contributed by atoms with Gasteiger partial charge in [-0.05, 0) is 59.0 Å². The Kier molecular flexibility index (Phi) is 5.51. The summed E-state index contributed by atoms with van der Waals surface area (Å²) >= 11 is 0. The average Bonchev–Trinajstić information content (AvgIpc) is 3.26. The Hall–Kier alpha value is -3.81. The van der Waals surface area contributed by atoms with E-state index in [4.69, 9.17) is 0 Å². The molecule has 0 aliphatic rings. The zero-order chi connectivity index (χ0) is 21.9. The van der Waals surface area contributed by atoms with Crippen molar-refractivity contribution in [2.45, 2.75) is 10.4 Å². The molecule has 0 aliphatic heterocycles. The minimum Gasteiger partial charge on any atom is -0.267 e. The fraction of sp³-hybridized carbons (Fsp3) is 0.0625. The maximum Gasteiger partial charge on any atom is 0.501 e. The Balaban J connectivity index is 1.62. The first kappa shape index (κ1) is 20.9. The molecule has 0 aliphatic carbocycles. The maximum atomic E-state index is 12.5. The first-order chi connectivity index (χ1) is 14.1. The molecule has 2 amide bonds. The summed E-state index contributed by atoms with van der Waals surface area (Å²) in [4.78, 5) is 23.1. The number of hydrazine groups is 1. The highest BCUT2D eigenvalue weighted by atomic mass is 32.2. The topological polar surface area (TPSA) is 136 Å². The molecular formula is C16H11F3N6O4S. The lowest BCUT2D eigenvalue weighted by molar-refractivity contribution is -0.0436. The van der Waals surface area contributed by atoms with Crippen molar-refractivity contribution in [3.8, 4) is 5.69 Å². The average molecular weight is 440 g/mol. The smallest absolute Gasteiger partial charge is 0.267 e. The van der Waals surface area contributed by atoms with Crippen LogP contribution >= 0.6 is 0 Å².